The Kier molecular flexibility index (Phi) is 4.22. The number of carbonyl (C=O) groups is 3. The van der Waals surface area contributed by atoms with Crippen LogP contribution in [0.2, 0.25) is 0 Å². The van der Waals surface area contributed by atoms with E-state index in [-0.39, 0.29) is 18.3 Å². The number of carboxylic acids is 2. The van der Waals surface area contributed by atoms with Crippen LogP contribution in [0.25, 0.3) is 10.9 Å². The number of rotatable bonds is 6. The van der Waals surface area contributed by atoms with Crippen molar-refractivity contribution in [1.82, 2.24) is 10.3 Å². The second-order valence-electron chi connectivity index (χ2n) is 7.30. The third-order valence-electron chi connectivity index (χ3n) is 5.76. The van der Waals surface area contributed by atoms with Crippen LogP contribution < -0.4 is 5.32 Å². The van der Waals surface area contributed by atoms with Crippen LogP contribution in [0.5, 0.6) is 0 Å². The Morgan fingerprint density at radius 3 is 2.52 bits per heavy atom. The summed E-state index contributed by atoms with van der Waals surface area (Å²) in [6, 6.07) is 6.42. The summed E-state index contributed by atoms with van der Waals surface area (Å²) in [7, 11) is 0. The first kappa shape index (κ1) is 17.3. The molecule has 1 aromatic heterocycles. The van der Waals surface area contributed by atoms with Crippen molar-refractivity contribution in [2.75, 3.05) is 0 Å². The maximum atomic E-state index is 12.8. The highest BCUT2D eigenvalue weighted by Crippen LogP contribution is 2.48. The van der Waals surface area contributed by atoms with Gasteiger partial charge in [-0.3, -0.25) is 9.59 Å². The van der Waals surface area contributed by atoms with Crippen LogP contribution in [-0.2, 0) is 20.8 Å². The number of allylic oxidation sites excluding steroid dienone is 2. The molecule has 140 valence electrons. The van der Waals surface area contributed by atoms with Crippen LogP contribution in [0.1, 0.15) is 12.0 Å². The summed E-state index contributed by atoms with van der Waals surface area (Å²) in [6.07, 6.45) is 6.24. The number of nitrogens with one attached hydrogen (secondary N) is 2. The van der Waals surface area contributed by atoms with Crippen molar-refractivity contribution < 1.29 is 24.6 Å². The van der Waals surface area contributed by atoms with Crippen LogP contribution in [-0.4, -0.2) is 39.1 Å². The number of carbonyl (C=O) groups excluding carboxylic acids is 1. The average molecular weight is 368 g/mol. The molecular weight excluding hydrogens is 348 g/mol. The predicted octanol–water partition coefficient (Wildman–Crippen LogP) is 1.80. The predicted molar refractivity (Wildman–Crippen MR) is 96.9 cm³/mol. The minimum atomic E-state index is -1.14. The van der Waals surface area contributed by atoms with E-state index in [2.05, 4.69) is 10.3 Å². The average Bonchev–Trinajstić information content (AvgIpc) is 3.35. The maximum absolute atomic E-state index is 12.8. The number of aliphatic carboxylic acids is 2. The lowest BCUT2D eigenvalue weighted by atomic mass is 9.82. The molecule has 7 nitrogen and oxygen atoms in total. The first-order chi connectivity index (χ1) is 13.0. The minimum absolute atomic E-state index is 0.124. The maximum Gasteiger partial charge on any atom is 0.326 e. The van der Waals surface area contributed by atoms with Gasteiger partial charge in [-0.1, -0.05) is 30.4 Å². The van der Waals surface area contributed by atoms with E-state index >= 15 is 0 Å². The lowest BCUT2D eigenvalue weighted by molar-refractivity contribution is -0.148. The molecule has 2 aliphatic rings. The Balaban J connectivity index is 1.53. The number of hydrogen-bond donors (Lipinski definition) is 4. The number of carboxylic acid groups (broad SMARTS) is 2. The number of aromatic amines is 1. The lowest BCUT2D eigenvalue weighted by Crippen LogP contribution is -2.48. The molecule has 0 aliphatic heterocycles. The van der Waals surface area contributed by atoms with E-state index in [0.717, 1.165) is 16.5 Å². The van der Waals surface area contributed by atoms with Crippen molar-refractivity contribution >= 4 is 28.7 Å². The molecule has 2 aliphatic carbocycles. The minimum Gasteiger partial charge on any atom is -0.481 e. The highest BCUT2D eigenvalue weighted by molar-refractivity contribution is 5.90. The molecule has 4 N–H and O–H groups in total. The van der Waals surface area contributed by atoms with Gasteiger partial charge in [-0.25, -0.2) is 4.79 Å². The molecule has 5 unspecified atom stereocenters. The Hall–Kier alpha value is -3.09. The van der Waals surface area contributed by atoms with E-state index in [9.17, 15) is 24.6 Å². The first-order valence-corrected chi connectivity index (χ1v) is 8.95. The van der Waals surface area contributed by atoms with Crippen molar-refractivity contribution in [3.63, 3.8) is 0 Å². The highest BCUT2D eigenvalue weighted by atomic mass is 16.4. The van der Waals surface area contributed by atoms with Gasteiger partial charge < -0.3 is 20.5 Å². The molecule has 1 fully saturated rings. The van der Waals surface area contributed by atoms with E-state index in [1.165, 1.54) is 0 Å². The van der Waals surface area contributed by atoms with Gasteiger partial charge in [0, 0.05) is 23.5 Å². The molecule has 5 atom stereocenters. The molecule has 7 heteroatoms. The van der Waals surface area contributed by atoms with Crippen LogP contribution in [0.3, 0.4) is 0 Å². The molecule has 0 saturated heterocycles. The second-order valence-corrected chi connectivity index (χ2v) is 7.30. The fourth-order valence-corrected chi connectivity index (χ4v) is 4.50. The number of fused-ring (bicyclic) bond motifs is 3. The van der Waals surface area contributed by atoms with Crippen LogP contribution in [0.4, 0.5) is 0 Å². The van der Waals surface area contributed by atoms with Crippen LogP contribution >= 0.6 is 0 Å². The second kappa shape index (κ2) is 6.57. The Morgan fingerprint density at radius 2 is 1.81 bits per heavy atom. The van der Waals surface area contributed by atoms with Gasteiger partial charge in [-0.15, -0.1) is 0 Å². The summed E-state index contributed by atoms with van der Waals surface area (Å²) in [5, 5.41) is 22.6. The van der Waals surface area contributed by atoms with Gasteiger partial charge in [0.05, 0.1) is 11.8 Å². The van der Waals surface area contributed by atoms with Crippen molar-refractivity contribution in [1.29, 1.82) is 0 Å². The Labute approximate surface area is 155 Å². The number of amides is 1. The Bertz CT molecular complexity index is 947. The lowest BCUT2D eigenvalue weighted by Gasteiger charge is -2.25. The van der Waals surface area contributed by atoms with Gasteiger partial charge in [-0.2, -0.15) is 0 Å². The molecule has 1 saturated carbocycles. The zero-order valence-electron chi connectivity index (χ0n) is 14.5. The van der Waals surface area contributed by atoms with Gasteiger partial charge in [0.2, 0.25) is 5.91 Å². The largest absolute Gasteiger partial charge is 0.481 e. The van der Waals surface area contributed by atoms with Crippen LogP contribution in [0.15, 0.2) is 42.6 Å². The third kappa shape index (κ3) is 2.99. The fraction of sp³-hybridized carbons (Fsp3) is 0.350. The van der Waals surface area contributed by atoms with Gasteiger partial charge in [-0.05, 0) is 29.9 Å². The smallest absolute Gasteiger partial charge is 0.326 e. The van der Waals surface area contributed by atoms with Gasteiger partial charge >= 0.3 is 11.9 Å². The summed E-state index contributed by atoms with van der Waals surface area (Å²) in [5.74, 6) is -4.44. The zero-order valence-corrected chi connectivity index (χ0v) is 14.5. The van der Waals surface area contributed by atoms with E-state index in [1.807, 2.05) is 36.4 Å². The molecule has 2 aromatic rings. The summed E-state index contributed by atoms with van der Waals surface area (Å²) in [5.41, 5.74) is 1.69. The van der Waals surface area contributed by atoms with E-state index in [0.29, 0.717) is 6.42 Å². The van der Waals surface area contributed by atoms with E-state index < -0.39 is 35.7 Å². The van der Waals surface area contributed by atoms with Crippen molar-refractivity contribution in [3.05, 3.63) is 48.2 Å². The van der Waals surface area contributed by atoms with Gasteiger partial charge in [0.25, 0.3) is 0 Å². The normalized spacial score (nSPS) is 27.0. The number of hydrogen-bond acceptors (Lipinski definition) is 3. The van der Waals surface area contributed by atoms with Gasteiger partial charge in [0.15, 0.2) is 0 Å². The van der Waals surface area contributed by atoms with E-state index in [4.69, 9.17) is 0 Å². The number of para-hydroxylation sites is 1. The van der Waals surface area contributed by atoms with Crippen molar-refractivity contribution in [3.8, 4) is 0 Å². The summed E-state index contributed by atoms with van der Waals surface area (Å²) < 4.78 is 0. The van der Waals surface area contributed by atoms with Gasteiger partial charge in [0.1, 0.15) is 6.04 Å². The first-order valence-electron chi connectivity index (χ1n) is 8.95. The topological polar surface area (TPSA) is 119 Å². The Morgan fingerprint density at radius 1 is 1.11 bits per heavy atom. The fourth-order valence-electron chi connectivity index (χ4n) is 4.50. The number of benzene rings is 1. The molecule has 0 spiro atoms. The molecule has 4 rings (SSSR count). The molecule has 1 heterocycles. The molecular formula is C20H20N2O5. The molecule has 1 amide bonds. The number of H-pyrrole nitrogens is 1. The van der Waals surface area contributed by atoms with Crippen molar-refractivity contribution in [2.45, 2.75) is 18.9 Å². The summed E-state index contributed by atoms with van der Waals surface area (Å²) >= 11 is 0. The summed E-state index contributed by atoms with van der Waals surface area (Å²) in [4.78, 5) is 39.2. The SMILES string of the molecule is O=C(O)C(Cc1c[nH]c2ccccc12)NC(=O)C1C2C=CC(C2)C1C(=O)O. The standard InChI is InChI=1S/C20H20N2O5/c23-18(16-10-5-6-11(7-10)17(16)20(26)27)22-15(19(24)25)8-12-9-21-14-4-2-1-3-13(12)14/h1-6,9-11,15-17,21H,7-8H2,(H,22,23)(H,24,25)(H,26,27). The molecule has 0 radical (unpaired) electrons. The zero-order chi connectivity index (χ0) is 19.1. The van der Waals surface area contributed by atoms with Crippen LogP contribution in [0, 0.1) is 23.7 Å². The molecule has 1 aromatic carbocycles. The number of aromatic nitrogens is 1. The third-order valence-corrected chi connectivity index (χ3v) is 5.76. The van der Waals surface area contributed by atoms with E-state index in [1.54, 1.807) is 6.20 Å². The van der Waals surface area contributed by atoms with Crippen molar-refractivity contribution in [2.24, 2.45) is 23.7 Å². The monoisotopic (exact) mass is 368 g/mol. The summed E-state index contributed by atoms with van der Waals surface area (Å²) in [6.45, 7) is 0. The highest BCUT2D eigenvalue weighted by Gasteiger charge is 2.52. The molecule has 27 heavy (non-hydrogen) atoms. The quantitative estimate of drug-likeness (QED) is 0.580. The molecule has 2 bridgehead atoms.